The van der Waals surface area contributed by atoms with Gasteiger partial charge in [0.05, 0.1) is 0 Å². The van der Waals surface area contributed by atoms with Gasteiger partial charge in [0, 0.05) is 12.8 Å². The lowest BCUT2D eigenvalue weighted by molar-refractivity contribution is -0.127. The first-order valence-corrected chi connectivity index (χ1v) is 8.11. The molecule has 0 radical (unpaired) electrons. The zero-order valence-electron chi connectivity index (χ0n) is 13.5. The summed E-state index contributed by atoms with van der Waals surface area (Å²) in [6, 6.07) is 5.39. The molecule has 22 heavy (non-hydrogen) atoms. The maximum Gasteiger partial charge on any atom is 0.240 e. The van der Waals surface area contributed by atoms with E-state index in [-0.39, 0.29) is 5.91 Å². The molecule has 2 rings (SSSR count). The first-order chi connectivity index (χ1) is 10.5. The van der Waals surface area contributed by atoms with E-state index in [0.717, 1.165) is 29.5 Å². The Morgan fingerprint density at radius 1 is 1.23 bits per heavy atom. The fourth-order valence-electron chi connectivity index (χ4n) is 3.33. The predicted octanol–water partition coefficient (Wildman–Crippen LogP) is 2.40. The molecule has 0 spiro atoms. The molecule has 1 aliphatic carbocycles. The second-order valence-corrected chi connectivity index (χ2v) is 6.45. The molecule has 1 atom stereocenters. The van der Waals surface area contributed by atoms with Crippen molar-refractivity contribution in [3.8, 4) is 0 Å². The van der Waals surface area contributed by atoms with Gasteiger partial charge in [0.1, 0.15) is 6.04 Å². The molecule has 1 aromatic carbocycles. The SMILES string of the molecule is Cc1cccc(C)c1C[C@H](NC(=O)CC1CCCC1)C(N)=O. The molecule has 1 saturated carbocycles. The third-order valence-electron chi connectivity index (χ3n) is 4.68. The van der Waals surface area contributed by atoms with Crippen molar-refractivity contribution in [3.05, 3.63) is 34.9 Å². The molecule has 0 bridgehead atoms. The fraction of sp³-hybridized carbons (Fsp3) is 0.556. The van der Waals surface area contributed by atoms with Crippen LogP contribution in [-0.4, -0.2) is 17.9 Å². The molecule has 4 heteroatoms. The van der Waals surface area contributed by atoms with Crippen molar-refractivity contribution in [2.24, 2.45) is 11.7 Å². The van der Waals surface area contributed by atoms with Gasteiger partial charge in [0.15, 0.2) is 0 Å². The summed E-state index contributed by atoms with van der Waals surface area (Å²) in [5, 5.41) is 2.83. The first kappa shape index (κ1) is 16.5. The van der Waals surface area contributed by atoms with E-state index in [1.54, 1.807) is 0 Å². The van der Waals surface area contributed by atoms with E-state index < -0.39 is 11.9 Å². The molecule has 0 aliphatic heterocycles. The van der Waals surface area contributed by atoms with Crippen molar-refractivity contribution >= 4 is 11.8 Å². The number of rotatable bonds is 6. The lowest BCUT2D eigenvalue weighted by atomic mass is 9.95. The standard InChI is InChI=1S/C18H26N2O2/c1-12-6-5-7-13(2)15(12)11-16(18(19)22)20-17(21)10-14-8-3-4-9-14/h5-7,14,16H,3-4,8-11H2,1-2H3,(H2,19,22)(H,20,21)/t16-/m0/s1. The minimum Gasteiger partial charge on any atom is -0.368 e. The topological polar surface area (TPSA) is 72.2 Å². The molecule has 4 nitrogen and oxygen atoms in total. The van der Waals surface area contributed by atoms with Gasteiger partial charge in [-0.1, -0.05) is 31.0 Å². The van der Waals surface area contributed by atoms with Crippen LogP contribution in [-0.2, 0) is 16.0 Å². The van der Waals surface area contributed by atoms with Crippen LogP contribution in [0.15, 0.2) is 18.2 Å². The summed E-state index contributed by atoms with van der Waals surface area (Å²) in [5.41, 5.74) is 8.82. The number of aryl methyl sites for hydroxylation is 2. The van der Waals surface area contributed by atoms with Gasteiger partial charge in [-0.25, -0.2) is 0 Å². The highest BCUT2D eigenvalue weighted by Crippen LogP contribution is 2.27. The third-order valence-corrected chi connectivity index (χ3v) is 4.68. The summed E-state index contributed by atoms with van der Waals surface area (Å²) >= 11 is 0. The number of amides is 2. The Morgan fingerprint density at radius 2 is 1.82 bits per heavy atom. The van der Waals surface area contributed by atoms with Gasteiger partial charge in [-0.3, -0.25) is 9.59 Å². The molecule has 2 amide bonds. The van der Waals surface area contributed by atoms with Gasteiger partial charge < -0.3 is 11.1 Å². The van der Waals surface area contributed by atoms with Crippen LogP contribution in [0, 0.1) is 19.8 Å². The van der Waals surface area contributed by atoms with Gasteiger partial charge in [-0.2, -0.15) is 0 Å². The van der Waals surface area contributed by atoms with Crippen LogP contribution in [0.5, 0.6) is 0 Å². The average Bonchev–Trinajstić information content (AvgIpc) is 2.94. The second kappa shape index (κ2) is 7.43. The van der Waals surface area contributed by atoms with Crippen LogP contribution < -0.4 is 11.1 Å². The predicted molar refractivity (Wildman–Crippen MR) is 87.3 cm³/mol. The molecule has 0 aromatic heterocycles. The van der Waals surface area contributed by atoms with E-state index >= 15 is 0 Å². The Bertz CT molecular complexity index is 528. The smallest absolute Gasteiger partial charge is 0.240 e. The maximum absolute atomic E-state index is 12.2. The van der Waals surface area contributed by atoms with Crippen molar-refractivity contribution in [1.29, 1.82) is 0 Å². The highest BCUT2D eigenvalue weighted by Gasteiger charge is 2.23. The van der Waals surface area contributed by atoms with E-state index in [1.165, 1.54) is 12.8 Å². The summed E-state index contributed by atoms with van der Waals surface area (Å²) in [4.78, 5) is 23.9. The number of carbonyl (C=O) groups is 2. The van der Waals surface area contributed by atoms with E-state index in [9.17, 15) is 9.59 Å². The van der Waals surface area contributed by atoms with Crippen molar-refractivity contribution in [2.45, 2.75) is 58.4 Å². The number of hydrogen-bond donors (Lipinski definition) is 2. The Kier molecular flexibility index (Phi) is 5.58. The quantitative estimate of drug-likeness (QED) is 0.847. The van der Waals surface area contributed by atoms with Crippen LogP contribution in [0.25, 0.3) is 0 Å². The monoisotopic (exact) mass is 302 g/mol. The Labute approximate surface area is 132 Å². The minimum atomic E-state index is -0.631. The van der Waals surface area contributed by atoms with Crippen LogP contribution in [0.1, 0.15) is 48.8 Å². The minimum absolute atomic E-state index is 0.0538. The normalized spacial score (nSPS) is 16.5. The van der Waals surface area contributed by atoms with Crippen molar-refractivity contribution in [2.75, 3.05) is 0 Å². The number of nitrogens with one attached hydrogen (secondary N) is 1. The molecule has 0 unspecified atom stereocenters. The van der Waals surface area contributed by atoms with Gasteiger partial charge in [-0.05, 0) is 49.3 Å². The number of hydrogen-bond acceptors (Lipinski definition) is 2. The van der Waals surface area contributed by atoms with E-state index in [4.69, 9.17) is 5.73 Å². The van der Waals surface area contributed by atoms with Crippen LogP contribution in [0.4, 0.5) is 0 Å². The lowest BCUT2D eigenvalue weighted by Gasteiger charge is -2.19. The maximum atomic E-state index is 12.2. The molecule has 1 aromatic rings. The molecule has 120 valence electrons. The highest BCUT2D eigenvalue weighted by atomic mass is 16.2. The number of benzene rings is 1. The molecular weight excluding hydrogens is 276 g/mol. The lowest BCUT2D eigenvalue weighted by Crippen LogP contribution is -2.46. The average molecular weight is 302 g/mol. The molecular formula is C18H26N2O2. The second-order valence-electron chi connectivity index (χ2n) is 6.45. The Hall–Kier alpha value is -1.84. The zero-order valence-corrected chi connectivity index (χ0v) is 13.5. The van der Waals surface area contributed by atoms with Gasteiger partial charge in [-0.15, -0.1) is 0 Å². The molecule has 0 saturated heterocycles. The zero-order chi connectivity index (χ0) is 16.1. The summed E-state index contributed by atoms with van der Waals surface area (Å²) in [7, 11) is 0. The molecule has 1 aliphatic rings. The summed E-state index contributed by atoms with van der Waals surface area (Å²) < 4.78 is 0. The Balaban J connectivity index is 2.00. The molecule has 1 fully saturated rings. The van der Waals surface area contributed by atoms with Crippen LogP contribution in [0.2, 0.25) is 0 Å². The van der Waals surface area contributed by atoms with Gasteiger partial charge in [0.25, 0.3) is 0 Å². The van der Waals surface area contributed by atoms with E-state index in [1.807, 2.05) is 32.0 Å². The summed E-state index contributed by atoms with van der Waals surface area (Å²) in [5.74, 6) is -0.0573. The number of carbonyl (C=O) groups excluding carboxylic acids is 2. The summed E-state index contributed by atoms with van der Waals surface area (Å²) in [6.45, 7) is 4.03. The number of primary amides is 1. The largest absolute Gasteiger partial charge is 0.368 e. The summed E-state index contributed by atoms with van der Waals surface area (Å²) in [6.07, 6.45) is 5.62. The van der Waals surface area contributed by atoms with Crippen molar-refractivity contribution in [1.82, 2.24) is 5.32 Å². The fourth-order valence-corrected chi connectivity index (χ4v) is 3.33. The number of nitrogens with two attached hydrogens (primary N) is 1. The first-order valence-electron chi connectivity index (χ1n) is 8.11. The van der Waals surface area contributed by atoms with Gasteiger partial charge >= 0.3 is 0 Å². The van der Waals surface area contributed by atoms with Crippen LogP contribution in [0.3, 0.4) is 0 Å². The third kappa shape index (κ3) is 4.33. The molecule has 0 heterocycles. The van der Waals surface area contributed by atoms with Crippen LogP contribution >= 0.6 is 0 Å². The highest BCUT2D eigenvalue weighted by molar-refractivity contribution is 5.87. The van der Waals surface area contributed by atoms with E-state index in [0.29, 0.717) is 18.8 Å². The van der Waals surface area contributed by atoms with E-state index in [2.05, 4.69) is 5.32 Å². The van der Waals surface area contributed by atoms with Crippen molar-refractivity contribution < 1.29 is 9.59 Å². The van der Waals surface area contributed by atoms with Crippen molar-refractivity contribution in [3.63, 3.8) is 0 Å². The van der Waals surface area contributed by atoms with Gasteiger partial charge in [0.2, 0.25) is 11.8 Å². The Morgan fingerprint density at radius 3 is 2.36 bits per heavy atom. The molecule has 3 N–H and O–H groups in total.